The molecule has 0 amide bonds. The number of rotatable bonds is 3. The van der Waals surface area contributed by atoms with Crippen LogP contribution < -0.4 is 11.1 Å². The molecule has 0 radical (unpaired) electrons. The minimum Gasteiger partial charge on any atom is -0.364 e. The first-order chi connectivity index (χ1) is 12.4. The van der Waals surface area contributed by atoms with Crippen molar-refractivity contribution >= 4 is 0 Å². The predicted octanol–water partition coefficient (Wildman–Crippen LogP) is -0.106. The Morgan fingerprint density at radius 2 is 2.08 bits per heavy atom. The van der Waals surface area contributed by atoms with E-state index in [9.17, 15) is 9.59 Å². The van der Waals surface area contributed by atoms with Gasteiger partial charge in [0.25, 0.3) is 0 Å². The summed E-state index contributed by atoms with van der Waals surface area (Å²) in [5.41, 5.74) is -0.348. The predicted molar refractivity (Wildman–Crippen MR) is 93.8 cm³/mol. The van der Waals surface area contributed by atoms with E-state index in [0.29, 0.717) is 12.4 Å². The smallest absolute Gasteiger partial charge is 0.332 e. The van der Waals surface area contributed by atoms with Gasteiger partial charge in [-0.1, -0.05) is 0 Å². The van der Waals surface area contributed by atoms with E-state index in [1.165, 1.54) is 9.25 Å². The summed E-state index contributed by atoms with van der Waals surface area (Å²) in [5.74, 6) is 0.527. The van der Waals surface area contributed by atoms with Crippen LogP contribution in [0, 0.1) is 0 Å². The molecule has 2 aliphatic rings. The topological polar surface area (TPSA) is 87.2 Å². The van der Waals surface area contributed by atoms with Crippen LogP contribution in [-0.4, -0.2) is 47.7 Å². The van der Waals surface area contributed by atoms with Crippen molar-refractivity contribution in [2.24, 2.45) is 7.05 Å². The summed E-state index contributed by atoms with van der Waals surface area (Å²) >= 11 is 0. The van der Waals surface area contributed by atoms with Crippen molar-refractivity contribution in [1.29, 1.82) is 0 Å². The molecule has 2 aromatic rings. The van der Waals surface area contributed by atoms with Gasteiger partial charge in [-0.05, 0) is 20.3 Å². The number of likely N-dealkylation sites (tertiary alicyclic amines) is 1. The van der Waals surface area contributed by atoms with E-state index < -0.39 is 16.7 Å². The third-order valence-corrected chi connectivity index (χ3v) is 5.17. The summed E-state index contributed by atoms with van der Waals surface area (Å²) in [6.07, 6.45) is 4.70. The van der Waals surface area contributed by atoms with E-state index in [0.717, 1.165) is 31.6 Å². The second kappa shape index (κ2) is 6.17. The first kappa shape index (κ1) is 17.2. The van der Waals surface area contributed by atoms with Gasteiger partial charge in [-0.15, -0.1) is 0 Å². The summed E-state index contributed by atoms with van der Waals surface area (Å²) in [7, 11) is 1.90. The normalized spacial score (nSPS) is 23.1. The van der Waals surface area contributed by atoms with E-state index in [-0.39, 0.29) is 12.6 Å². The maximum Gasteiger partial charge on any atom is 0.332 e. The van der Waals surface area contributed by atoms with Gasteiger partial charge >= 0.3 is 11.1 Å². The Morgan fingerprint density at radius 1 is 1.27 bits per heavy atom. The van der Waals surface area contributed by atoms with Crippen LogP contribution in [0.5, 0.6) is 0 Å². The molecule has 0 bridgehead atoms. The maximum atomic E-state index is 12.6. The molecule has 9 nitrogen and oxygen atoms in total. The molecular formula is C17H24N6O3. The second-order valence-electron chi connectivity index (χ2n) is 7.61. The third kappa shape index (κ3) is 2.90. The lowest BCUT2D eigenvalue weighted by Crippen LogP contribution is -2.53. The Labute approximate surface area is 150 Å². The summed E-state index contributed by atoms with van der Waals surface area (Å²) in [4.78, 5) is 27.2. The van der Waals surface area contributed by atoms with Crippen LogP contribution in [0.4, 0.5) is 0 Å². The van der Waals surface area contributed by atoms with Crippen LogP contribution in [0.3, 0.4) is 0 Å². The molecule has 0 aliphatic carbocycles. The monoisotopic (exact) mass is 360 g/mol. The maximum absolute atomic E-state index is 12.6. The van der Waals surface area contributed by atoms with Gasteiger partial charge in [0.05, 0.1) is 18.8 Å². The highest BCUT2D eigenvalue weighted by Gasteiger charge is 2.43. The number of hydrogen-bond donors (Lipinski definition) is 0. The standard InChI is InChI=1S/C17H24N6O3/c1-12(2)23-16(25)15(24)22-11-17(26-9-14(22)19-23)4-5-21(10-17)8-13-6-18-20(3)7-13/h6-7,12H,4-5,8-11H2,1-3H3/t17-/m0/s1. The van der Waals surface area contributed by atoms with Crippen molar-refractivity contribution in [1.82, 2.24) is 29.0 Å². The second-order valence-corrected chi connectivity index (χ2v) is 7.61. The van der Waals surface area contributed by atoms with Gasteiger partial charge in [0.2, 0.25) is 0 Å². The van der Waals surface area contributed by atoms with E-state index >= 15 is 0 Å². The largest absolute Gasteiger partial charge is 0.364 e. The average Bonchev–Trinajstić information content (AvgIpc) is 3.18. The Hall–Kier alpha value is -2.26. The van der Waals surface area contributed by atoms with Crippen molar-refractivity contribution in [3.8, 4) is 0 Å². The zero-order chi connectivity index (χ0) is 18.5. The van der Waals surface area contributed by atoms with Crippen molar-refractivity contribution < 1.29 is 4.74 Å². The summed E-state index contributed by atoms with van der Waals surface area (Å²) in [5, 5.41) is 8.54. The van der Waals surface area contributed by atoms with E-state index in [1.54, 1.807) is 4.68 Å². The molecule has 0 aromatic carbocycles. The summed E-state index contributed by atoms with van der Waals surface area (Å²) in [6, 6.07) is -0.154. The molecule has 4 heterocycles. The van der Waals surface area contributed by atoms with Crippen molar-refractivity contribution in [2.45, 2.75) is 51.6 Å². The van der Waals surface area contributed by atoms with Crippen molar-refractivity contribution in [2.75, 3.05) is 13.1 Å². The fourth-order valence-corrected chi connectivity index (χ4v) is 3.85. The highest BCUT2D eigenvalue weighted by molar-refractivity contribution is 5.06. The van der Waals surface area contributed by atoms with Crippen molar-refractivity contribution in [3.63, 3.8) is 0 Å². The van der Waals surface area contributed by atoms with Crippen LogP contribution >= 0.6 is 0 Å². The molecule has 26 heavy (non-hydrogen) atoms. The third-order valence-electron chi connectivity index (χ3n) is 5.17. The molecule has 9 heteroatoms. The molecule has 0 unspecified atom stereocenters. The number of aromatic nitrogens is 5. The molecule has 2 aliphatic heterocycles. The highest BCUT2D eigenvalue weighted by Crippen LogP contribution is 2.31. The van der Waals surface area contributed by atoms with Crippen molar-refractivity contribution in [3.05, 3.63) is 44.5 Å². The number of fused-ring (bicyclic) bond motifs is 1. The van der Waals surface area contributed by atoms with Gasteiger partial charge < -0.3 is 4.74 Å². The zero-order valence-corrected chi connectivity index (χ0v) is 15.4. The van der Waals surface area contributed by atoms with Crippen LogP contribution in [0.15, 0.2) is 22.0 Å². The van der Waals surface area contributed by atoms with Gasteiger partial charge in [0, 0.05) is 38.4 Å². The Balaban J connectivity index is 1.56. The SMILES string of the molecule is CC(C)n1nc2n(c(=O)c1=O)C[C@@]1(CCN(Cc3cnn(C)c3)C1)OC2. The van der Waals surface area contributed by atoms with Crippen LogP contribution in [0.25, 0.3) is 0 Å². The Morgan fingerprint density at radius 3 is 2.77 bits per heavy atom. The molecule has 2 aromatic heterocycles. The van der Waals surface area contributed by atoms with Crippen LogP contribution in [-0.2, 0) is 31.5 Å². The molecule has 1 atom stereocenters. The quantitative estimate of drug-likeness (QED) is 0.710. The molecule has 0 N–H and O–H groups in total. The summed E-state index contributed by atoms with van der Waals surface area (Å²) in [6.45, 7) is 6.71. The first-order valence-corrected chi connectivity index (χ1v) is 8.93. The lowest BCUT2D eigenvalue weighted by atomic mass is 10.0. The number of aryl methyl sites for hydroxylation is 1. The van der Waals surface area contributed by atoms with Gasteiger partial charge in [-0.25, -0.2) is 4.68 Å². The van der Waals surface area contributed by atoms with E-state index in [1.807, 2.05) is 33.3 Å². The van der Waals surface area contributed by atoms with E-state index in [4.69, 9.17) is 4.74 Å². The molecule has 1 saturated heterocycles. The Bertz CT molecular complexity index is 943. The minimum atomic E-state index is -0.564. The fraction of sp³-hybridized carbons (Fsp3) is 0.647. The fourth-order valence-electron chi connectivity index (χ4n) is 3.85. The lowest BCUT2D eigenvalue weighted by Gasteiger charge is -2.35. The minimum absolute atomic E-state index is 0.154. The highest BCUT2D eigenvalue weighted by atomic mass is 16.5. The Kier molecular flexibility index (Phi) is 4.07. The number of hydrogen-bond acceptors (Lipinski definition) is 6. The van der Waals surface area contributed by atoms with Crippen LogP contribution in [0.2, 0.25) is 0 Å². The molecule has 140 valence electrons. The van der Waals surface area contributed by atoms with E-state index in [2.05, 4.69) is 15.1 Å². The summed E-state index contributed by atoms with van der Waals surface area (Å²) < 4.78 is 10.7. The van der Waals surface area contributed by atoms with Gasteiger partial charge in [0.1, 0.15) is 12.2 Å². The first-order valence-electron chi connectivity index (χ1n) is 8.93. The van der Waals surface area contributed by atoms with Gasteiger partial charge in [-0.2, -0.15) is 10.2 Å². The van der Waals surface area contributed by atoms with Crippen LogP contribution in [0.1, 0.15) is 37.7 Å². The van der Waals surface area contributed by atoms with Gasteiger partial charge in [-0.3, -0.25) is 23.7 Å². The molecular weight excluding hydrogens is 336 g/mol. The molecule has 0 saturated carbocycles. The zero-order valence-electron chi connectivity index (χ0n) is 15.4. The number of nitrogens with zero attached hydrogens (tertiary/aromatic N) is 6. The molecule has 4 rings (SSSR count). The average molecular weight is 360 g/mol. The van der Waals surface area contributed by atoms with Gasteiger partial charge in [0.15, 0.2) is 5.82 Å². The number of ether oxygens (including phenoxy) is 1. The lowest BCUT2D eigenvalue weighted by molar-refractivity contribution is -0.0860. The molecule has 1 spiro atoms. The molecule has 1 fully saturated rings.